The lowest BCUT2D eigenvalue weighted by molar-refractivity contribution is -0.114. The van der Waals surface area contributed by atoms with Crippen molar-refractivity contribution in [2.45, 2.75) is 24.8 Å². The van der Waals surface area contributed by atoms with Crippen molar-refractivity contribution < 1.29 is 22.7 Å². The Kier molecular flexibility index (Phi) is 7.89. The van der Waals surface area contributed by atoms with Gasteiger partial charge in [0.15, 0.2) is 0 Å². The molecule has 1 amide bonds. The lowest BCUT2D eigenvalue weighted by Crippen LogP contribution is -2.35. The van der Waals surface area contributed by atoms with Gasteiger partial charge in [-0.1, -0.05) is 23.7 Å². The Bertz CT molecular complexity index is 1090. The highest BCUT2D eigenvalue weighted by Crippen LogP contribution is 2.27. The first-order chi connectivity index (χ1) is 15.2. The minimum absolute atomic E-state index is 0.100. The summed E-state index contributed by atoms with van der Waals surface area (Å²) in [6, 6.07) is 11.5. The van der Waals surface area contributed by atoms with E-state index in [0.717, 1.165) is 12.1 Å². The van der Waals surface area contributed by atoms with Gasteiger partial charge in [-0.2, -0.15) is 4.31 Å². The molecule has 2 aromatic carbocycles. The number of esters is 1. The number of methoxy groups -OCH3 is 1. The van der Waals surface area contributed by atoms with Crippen LogP contribution >= 0.6 is 11.6 Å². The second-order valence-electron chi connectivity index (χ2n) is 7.55. The van der Waals surface area contributed by atoms with Crippen molar-refractivity contribution in [1.82, 2.24) is 9.21 Å². The fourth-order valence-electron chi connectivity index (χ4n) is 3.56. The van der Waals surface area contributed by atoms with Crippen molar-refractivity contribution in [3.8, 4) is 0 Å². The smallest absolute Gasteiger partial charge is 0.337 e. The summed E-state index contributed by atoms with van der Waals surface area (Å²) in [4.78, 5) is 25.1. The fourth-order valence-corrected chi connectivity index (χ4v) is 5.35. The van der Waals surface area contributed by atoms with Crippen LogP contribution in [0.4, 0.5) is 5.69 Å². The van der Waals surface area contributed by atoms with E-state index in [9.17, 15) is 18.0 Å². The number of sulfonamides is 1. The number of benzene rings is 2. The van der Waals surface area contributed by atoms with E-state index < -0.39 is 10.0 Å². The molecule has 8 nitrogen and oxygen atoms in total. The van der Waals surface area contributed by atoms with Gasteiger partial charge in [0, 0.05) is 33.1 Å². The third-order valence-electron chi connectivity index (χ3n) is 5.22. The zero-order valence-corrected chi connectivity index (χ0v) is 19.6. The molecule has 32 heavy (non-hydrogen) atoms. The van der Waals surface area contributed by atoms with Gasteiger partial charge in [0.05, 0.1) is 28.3 Å². The fraction of sp³-hybridized carbons (Fsp3) is 0.364. The molecule has 0 aromatic heterocycles. The standard InChI is InChI=1S/C22H26ClN3O5S/c1-16(27)24-21-9-8-19(14-20(21)23)32(29,30)26-11-3-10-25(12-13-26)15-17-4-6-18(7-5-17)22(28)31-2/h4-9,14H,3,10-13,15H2,1-2H3,(H,24,27). The molecular weight excluding hydrogens is 454 g/mol. The molecule has 0 saturated carbocycles. The number of amides is 1. The number of ether oxygens (including phenoxy) is 1. The van der Waals surface area contributed by atoms with E-state index in [4.69, 9.17) is 16.3 Å². The minimum Gasteiger partial charge on any atom is -0.465 e. The Morgan fingerprint density at radius 2 is 1.78 bits per heavy atom. The Balaban J connectivity index is 1.65. The molecule has 0 aliphatic carbocycles. The van der Waals surface area contributed by atoms with E-state index in [0.29, 0.717) is 43.9 Å². The molecular formula is C22H26ClN3O5S. The van der Waals surface area contributed by atoms with Crippen molar-refractivity contribution in [2.75, 3.05) is 38.6 Å². The zero-order chi connectivity index (χ0) is 23.3. The Morgan fingerprint density at radius 3 is 2.41 bits per heavy atom. The average molecular weight is 480 g/mol. The zero-order valence-electron chi connectivity index (χ0n) is 18.0. The van der Waals surface area contributed by atoms with Gasteiger partial charge >= 0.3 is 5.97 Å². The van der Waals surface area contributed by atoms with Crippen LogP contribution in [-0.2, 0) is 26.1 Å². The monoisotopic (exact) mass is 479 g/mol. The number of halogens is 1. The maximum Gasteiger partial charge on any atom is 0.337 e. The van der Waals surface area contributed by atoms with Gasteiger partial charge in [-0.25, -0.2) is 13.2 Å². The van der Waals surface area contributed by atoms with Crippen molar-refractivity contribution in [1.29, 1.82) is 0 Å². The number of hydrogen-bond donors (Lipinski definition) is 1. The van der Waals surface area contributed by atoms with Crippen LogP contribution in [0, 0.1) is 0 Å². The number of rotatable bonds is 6. The van der Waals surface area contributed by atoms with E-state index in [2.05, 4.69) is 10.2 Å². The Hall–Kier alpha value is -2.46. The number of carbonyl (C=O) groups excluding carboxylic acids is 2. The van der Waals surface area contributed by atoms with Crippen LogP contribution < -0.4 is 5.32 Å². The normalized spacial score (nSPS) is 15.7. The molecule has 10 heteroatoms. The second-order valence-corrected chi connectivity index (χ2v) is 9.89. The number of nitrogens with zero attached hydrogens (tertiary/aromatic N) is 2. The molecule has 0 unspecified atom stereocenters. The van der Waals surface area contributed by atoms with E-state index in [1.165, 1.54) is 36.5 Å². The van der Waals surface area contributed by atoms with Crippen LogP contribution in [-0.4, -0.2) is 62.8 Å². The maximum atomic E-state index is 13.1. The quantitative estimate of drug-likeness (QED) is 0.640. The third kappa shape index (κ3) is 5.86. The summed E-state index contributed by atoms with van der Waals surface area (Å²) in [5.41, 5.74) is 1.90. The predicted octanol–water partition coefficient (Wildman–Crippen LogP) is 2.98. The van der Waals surface area contributed by atoms with Gasteiger partial charge in [0.1, 0.15) is 0 Å². The van der Waals surface area contributed by atoms with Gasteiger partial charge in [-0.3, -0.25) is 9.69 Å². The van der Waals surface area contributed by atoms with Crippen LogP contribution in [0.2, 0.25) is 5.02 Å². The van der Waals surface area contributed by atoms with Gasteiger partial charge in [0.25, 0.3) is 0 Å². The summed E-state index contributed by atoms with van der Waals surface area (Å²) < 4.78 is 32.5. The summed E-state index contributed by atoms with van der Waals surface area (Å²) in [6.07, 6.45) is 0.692. The first kappa shape index (κ1) is 24.2. The Labute approximate surface area is 193 Å². The van der Waals surface area contributed by atoms with Gasteiger partial charge in [0.2, 0.25) is 15.9 Å². The molecule has 1 saturated heterocycles. The van der Waals surface area contributed by atoms with Gasteiger partial charge in [-0.15, -0.1) is 0 Å². The molecule has 1 N–H and O–H groups in total. The first-order valence-corrected chi connectivity index (χ1v) is 12.0. The summed E-state index contributed by atoms with van der Waals surface area (Å²) in [7, 11) is -2.36. The topological polar surface area (TPSA) is 96.0 Å². The molecule has 3 rings (SSSR count). The van der Waals surface area contributed by atoms with Crippen molar-refractivity contribution in [3.05, 3.63) is 58.6 Å². The largest absolute Gasteiger partial charge is 0.465 e. The molecule has 0 atom stereocenters. The van der Waals surface area contributed by atoms with Crippen LogP contribution in [0.1, 0.15) is 29.3 Å². The van der Waals surface area contributed by atoms with Crippen LogP contribution in [0.25, 0.3) is 0 Å². The highest BCUT2D eigenvalue weighted by Gasteiger charge is 2.27. The molecule has 1 aliphatic rings. The lowest BCUT2D eigenvalue weighted by Gasteiger charge is -2.22. The molecule has 172 valence electrons. The predicted molar refractivity (Wildman–Crippen MR) is 122 cm³/mol. The molecule has 1 fully saturated rings. The van der Waals surface area contributed by atoms with Crippen molar-refractivity contribution in [2.24, 2.45) is 0 Å². The third-order valence-corrected chi connectivity index (χ3v) is 7.43. The molecule has 1 aliphatic heterocycles. The highest BCUT2D eigenvalue weighted by molar-refractivity contribution is 7.89. The molecule has 1 heterocycles. The van der Waals surface area contributed by atoms with Gasteiger partial charge in [-0.05, 0) is 48.9 Å². The minimum atomic E-state index is -3.71. The van der Waals surface area contributed by atoms with Crippen molar-refractivity contribution >= 4 is 39.2 Å². The van der Waals surface area contributed by atoms with E-state index in [1.807, 2.05) is 12.1 Å². The van der Waals surface area contributed by atoms with Crippen molar-refractivity contribution in [3.63, 3.8) is 0 Å². The maximum absolute atomic E-state index is 13.1. The second kappa shape index (κ2) is 10.4. The van der Waals surface area contributed by atoms with Gasteiger partial charge < -0.3 is 10.1 Å². The molecule has 2 aromatic rings. The van der Waals surface area contributed by atoms with E-state index in [1.54, 1.807) is 12.1 Å². The summed E-state index contributed by atoms with van der Waals surface area (Å²) in [5, 5.41) is 2.75. The summed E-state index contributed by atoms with van der Waals surface area (Å²) >= 11 is 6.17. The SMILES string of the molecule is COC(=O)c1ccc(CN2CCCN(S(=O)(=O)c3ccc(NC(C)=O)c(Cl)c3)CC2)cc1. The lowest BCUT2D eigenvalue weighted by atomic mass is 10.1. The number of anilines is 1. The number of hydrogen-bond acceptors (Lipinski definition) is 6. The average Bonchev–Trinajstić information content (AvgIpc) is 3.01. The van der Waals surface area contributed by atoms with E-state index in [-0.39, 0.29) is 21.8 Å². The van der Waals surface area contributed by atoms with Crippen LogP contribution in [0.3, 0.4) is 0 Å². The highest BCUT2D eigenvalue weighted by atomic mass is 35.5. The van der Waals surface area contributed by atoms with E-state index >= 15 is 0 Å². The van der Waals surface area contributed by atoms with Crippen LogP contribution in [0.5, 0.6) is 0 Å². The molecule has 0 spiro atoms. The Morgan fingerprint density at radius 1 is 1.06 bits per heavy atom. The first-order valence-electron chi connectivity index (χ1n) is 10.2. The number of nitrogens with one attached hydrogen (secondary N) is 1. The molecule has 0 bridgehead atoms. The summed E-state index contributed by atoms with van der Waals surface area (Å²) in [6.45, 7) is 4.12. The number of carbonyl (C=O) groups is 2. The molecule has 0 radical (unpaired) electrons. The summed E-state index contributed by atoms with van der Waals surface area (Å²) in [5.74, 6) is -0.660. The van der Waals surface area contributed by atoms with Crippen LogP contribution in [0.15, 0.2) is 47.4 Å².